The molecule has 2 nitrogen and oxygen atoms in total. The zero-order valence-corrected chi connectivity index (χ0v) is 15.2. The molecule has 1 atom stereocenters. The molecule has 1 unspecified atom stereocenters. The van der Waals surface area contributed by atoms with Gasteiger partial charge in [-0.15, -0.1) is 0 Å². The van der Waals surface area contributed by atoms with E-state index in [1.807, 2.05) is 0 Å². The Morgan fingerprint density at radius 3 is 2.29 bits per heavy atom. The van der Waals surface area contributed by atoms with Gasteiger partial charge in [0.15, 0.2) is 0 Å². The van der Waals surface area contributed by atoms with Gasteiger partial charge < -0.3 is 10.1 Å². The van der Waals surface area contributed by atoms with Gasteiger partial charge >= 0.3 is 0 Å². The molecule has 0 aromatic heterocycles. The maximum Gasteiger partial charge on any atom is 0.0806 e. The molecule has 1 saturated carbocycles. The fourth-order valence-electron chi connectivity index (χ4n) is 3.56. The van der Waals surface area contributed by atoms with Crippen LogP contribution in [0.25, 0.3) is 0 Å². The van der Waals surface area contributed by atoms with E-state index >= 15 is 0 Å². The van der Waals surface area contributed by atoms with E-state index in [0.29, 0.717) is 12.0 Å². The van der Waals surface area contributed by atoms with Crippen molar-refractivity contribution < 1.29 is 4.74 Å². The molecule has 0 radical (unpaired) electrons. The van der Waals surface area contributed by atoms with Crippen LogP contribution < -0.4 is 5.32 Å². The van der Waals surface area contributed by atoms with Crippen molar-refractivity contribution in [3.05, 3.63) is 0 Å². The number of hydrogen-bond acceptors (Lipinski definition) is 2. The number of ether oxygens (including phenoxy) is 1. The van der Waals surface area contributed by atoms with Crippen LogP contribution in [0.5, 0.6) is 0 Å². The highest BCUT2D eigenvalue weighted by Crippen LogP contribution is 2.37. The van der Waals surface area contributed by atoms with Gasteiger partial charge in [-0.05, 0) is 43.9 Å². The molecule has 1 rings (SSSR count). The number of rotatable bonds is 10. The Morgan fingerprint density at radius 1 is 1.10 bits per heavy atom. The summed E-state index contributed by atoms with van der Waals surface area (Å²) in [7, 11) is 0. The maximum absolute atomic E-state index is 6.50. The first kappa shape index (κ1) is 19.0. The van der Waals surface area contributed by atoms with Crippen molar-refractivity contribution in [2.75, 3.05) is 13.2 Å². The Balaban J connectivity index is 2.51. The van der Waals surface area contributed by atoms with Crippen molar-refractivity contribution in [1.82, 2.24) is 5.32 Å². The third-order valence-electron chi connectivity index (χ3n) is 5.00. The first-order valence-electron chi connectivity index (χ1n) is 9.38. The Hall–Kier alpha value is -0.0800. The molecule has 0 spiro atoms. The van der Waals surface area contributed by atoms with Crippen LogP contribution in [0.2, 0.25) is 0 Å². The van der Waals surface area contributed by atoms with E-state index in [9.17, 15) is 0 Å². The highest BCUT2D eigenvalue weighted by atomic mass is 16.5. The molecule has 126 valence electrons. The summed E-state index contributed by atoms with van der Waals surface area (Å²) in [5.41, 5.74) is 0.108. The van der Waals surface area contributed by atoms with Crippen LogP contribution in [-0.2, 0) is 4.74 Å². The summed E-state index contributed by atoms with van der Waals surface area (Å²) < 4.78 is 6.50. The standard InChI is InChI=1S/C19H39NO/c1-6-8-17(5)14-21-19(15-20-16(3)4)12-10-18(9-7-2)11-13-19/h16-18,20H,6-15H2,1-5H3. The largest absolute Gasteiger partial charge is 0.373 e. The quantitative estimate of drug-likeness (QED) is 0.601. The van der Waals surface area contributed by atoms with E-state index in [1.54, 1.807) is 0 Å². The van der Waals surface area contributed by atoms with E-state index in [1.165, 1.54) is 51.4 Å². The topological polar surface area (TPSA) is 21.3 Å². The molecule has 1 N–H and O–H groups in total. The molecule has 0 aromatic rings. The molecule has 0 saturated heterocycles. The van der Waals surface area contributed by atoms with Crippen molar-refractivity contribution >= 4 is 0 Å². The average molecular weight is 298 g/mol. The molecule has 1 aliphatic rings. The Labute approximate surface area is 133 Å². The first-order valence-corrected chi connectivity index (χ1v) is 9.38. The second kappa shape index (κ2) is 9.84. The lowest BCUT2D eigenvalue weighted by Crippen LogP contribution is -2.48. The van der Waals surface area contributed by atoms with Crippen molar-refractivity contribution in [1.29, 1.82) is 0 Å². The fraction of sp³-hybridized carbons (Fsp3) is 1.00. The van der Waals surface area contributed by atoms with Crippen molar-refractivity contribution in [3.63, 3.8) is 0 Å². The third kappa shape index (κ3) is 7.15. The predicted octanol–water partition coefficient (Wildman–Crippen LogP) is 5.17. The highest BCUT2D eigenvalue weighted by molar-refractivity contribution is 4.90. The van der Waals surface area contributed by atoms with Gasteiger partial charge in [0.05, 0.1) is 5.60 Å². The molecule has 2 heteroatoms. The van der Waals surface area contributed by atoms with Gasteiger partial charge in [0.1, 0.15) is 0 Å². The van der Waals surface area contributed by atoms with Crippen LogP contribution in [0.3, 0.4) is 0 Å². The van der Waals surface area contributed by atoms with Crippen molar-refractivity contribution in [3.8, 4) is 0 Å². The molecular weight excluding hydrogens is 258 g/mol. The van der Waals surface area contributed by atoms with Gasteiger partial charge in [0.25, 0.3) is 0 Å². The molecule has 0 aliphatic heterocycles. The van der Waals surface area contributed by atoms with Crippen LogP contribution in [0, 0.1) is 11.8 Å². The minimum atomic E-state index is 0.108. The molecule has 0 amide bonds. The van der Waals surface area contributed by atoms with Gasteiger partial charge in [0.2, 0.25) is 0 Å². The van der Waals surface area contributed by atoms with E-state index in [2.05, 4.69) is 39.9 Å². The summed E-state index contributed by atoms with van der Waals surface area (Å²) in [6.07, 6.45) is 10.5. The van der Waals surface area contributed by atoms with E-state index in [0.717, 1.165) is 19.1 Å². The highest BCUT2D eigenvalue weighted by Gasteiger charge is 2.36. The molecule has 1 aliphatic carbocycles. The van der Waals surface area contributed by atoms with Crippen molar-refractivity contribution in [2.24, 2.45) is 11.8 Å². The molecule has 1 fully saturated rings. The zero-order valence-electron chi connectivity index (χ0n) is 15.2. The fourth-order valence-corrected chi connectivity index (χ4v) is 3.56. The van der Waals surface area contributed by atoms with Gasteiger partial charge in [-0.1, -0.05) is 53.9 Å². The first-order chi connectivity index (χ1) is 10.0. The maximum atomic E-state index is 6.50. The molecule has 21 heavy (non-hydrogen) atoms. The number of nitrogens with one attached hydrogen (secondary N) is 1. The van der Waals surface area contributed by atoms with Crippen LogP contribution >= 0.6 is 0 Å². The van der Waals surface area contributed by atoms with Gasteiger partial charge in [-0.25, -0.2) is 0 Å². The van der Waals surface area contributed by atoms with Crippen molar-refractivity contribution in [2.45, 2.75) is 97.6 Å². The molecule has 0 heterocycles. The molecule has 0 bridgehead atoms. The normalized spacial score (nSPS) is 28.0. The van der Waals surface area contributed by atoms with Gasteiger partial charge in [0, 0.05) is 19.2 Å². The monoisotopic (exact) mass is 297 g/mol. The summed E-state index contributed by atoms with van der Waals surface area (Å²) in [5.74, 6) is 1.64. The second-order valence-corrected chi connectivity index (χ2v) is 7.66. The second-order valence-electron chi connectivity index (χ2n) is 7.66. The lowest BCUT2D eigenvalue weighted by molar-refractivity contribution is -0.0890. The van der Waals surface area contributed by atoms with Crippen LogP contribution in [-0.4, -0.2) is 24.8 Å². The summed E-state index contributed by atoms with van der Waals surface area (Å²) >= 11 is 0. The SMILES string of the molecule is CCCC(C)COC1(CNC(C)C)CCC(CCC)CC1. The van der Waals surface area contributed by atoms with Crippen LogP contribution in [0.15, 0.2) is 0 Å². The summed E-state index contributed by atoms with van der Waals surface area (Å²) in [5, 5.41) is 3.63. The van der Waals surface area contributed by atoms with Crippen LogP contribution in [0.4, 0.5) is 0 Å². The summed E-state index contributed by atoms with van der Waals surface area (Å²) in [6, 6.07) is 0.548. The average Bonchev–Trinajstić information content (AvgIpc) is 2.46. The van der Waals surface area contributed by atoms with E-state index < -0.39 is 0 Å². The van der Waals surface area contributed by atoms with E-state index in [4.69, 9.17) is 4.74 Å². The minimum Gasteiger partial charge on any atom is -0.373 e. The smallest absolute Gasteiger partial charge is 0.0806 e. The Morgan fingerprint density at radius 2 is 1.76 bits per heavy atom. The lowest BCUT2D eigenvalue weighted by atomic mass is 9.77. The Bertz CT molecular complexity index is 256. The molecule has 0 aromatic carbocycles. The summed E-state index contributed by atoms with van der Waals surface area (Å²) in [4.78, 5) is 0. The molecular formula is C19H39NO. The Kier molecular flexibility index (Phi) is 8.89. The lowest BCUT2D eigenvalue weighted by Gasteiger charge is -2.41. The number of hydrogen-bond donors (Lipinski definition) is 1. The van der Waals surface area contributed by atoms with Gasteiger partial charge in [-0.2, -0.15) is 0 Å². The predicted molar refractivity (Wildman–Crippen MR) is 92.8 cm³/mol. The minimum absolute atomic E-state index is 0.108. The third-order valence-corrected chi connectivity index (χ3v) is 5.00. The van der Waals surface area contributed by atoms with Crippen LogP contribution in [0.1, 0.15) is 86.0 Å². The van der Waals surface area contributed by atoms with Gasteiger partial charge in [-0.3, -0.25) is 0 Å². The van der Waals surface area contributed by atoms with E-state index in [-0.39, 0.29) is 5.60 Å². The summed E-state index contributed by atoms with van der Waals surface area (Å²) in [6.45, 7) is 13.3. The zero-order chi connectivity index (χ0) is 15.7.